The number of imidazole rings is 2. The van der Waals surface area contributed by atoms with Crippen molar-refractivity contribution >= 4 is 16.9 Å². The first kappa shape index (κ1) is 16.9. The maximum Gasteiger partial charge on any atom is 0.143 e. The molecule has 5 rings (SSSR count). The van der Waals surface area contributed by atoms with E-state index in [0.29, 0.717) is 6.04 Å². The van der Waals surface area contributed by atoms with Gasteiger partial charge in [0, 0.05) is 31.0 Å². The third-order valence-electron chi connectivity index (χ3n) is 5.39. The Balaban J connectivity index is 1.58. The Hall–Kier alpha value is -3.22. The van der Waals surface area contributed by atoms with E-state index in [4.69, 9.17) is 4.98 Å². The number of anilines is 1. The fraction of sp³-hybridized carbons (Fsp3) is 0.333. The van der Waals surface area contributed by atoms with Crippen LogP contribution in [-0.2, 0) is 0 Å². The molecular formula is C21H23N7. The molecule has 1 aromatic carbocycles. The van der Waals surface area contributed by atoms with Crippen LogP contribution in [0, 0.1) is 0 Å². The molecule has 0 amide bonds. The van der Waals surface area contributed by atoms with Gasteiger partial charge in [0.15, 0.2) is 0 Å². The van der Waals surface area contributed by atoms with Gasteiger partial charge in [0.05, 0.1) is 17.1 Å². The second kappa shape index (κ2) is 6.74. The Morgan fingerprint density at radius 2 is 1.96 bits per heavy atom. The molecule has 4 aromatic rings. The summed E-state index contributed by atoms with van der Waals surface area (Å²) in [5.74, 6) is 2.88. The van der Waals surface area contributed by atoms with Crippen LogP contribution in [0.5, 0.6) is 0 Å². The predicted molar refractivity (Wildman–Crippen MR) is 109 cm³/mol. The Kier molecular flexibility index (Phi) is 4.07. The molecule has 0 spiro atoms. The molecular weight excluding hydrogens is 350 g/mol. The van der Waals surface area contributed by atoms with Crippen molar-refractivity contribution in [3.63, 3.8) is 0 Å². The number of aromatic nitrogens is 6. The summed E-state index contributed by atoms with van der Waals surface area (Å²) in [6.07, 6.45) is 9.23. The highest BCUT2D eigenvalue weighted by Crippen LogP contribution is 2.37. The van der Waals surface area contributed by atoms with Crippen molar-refractivity contribution in [2.75, 3.05) is 11.4 Å². The SMILES string of the molecule is CC(C)n1c(C2CCCN2c2cc(-n3ccnc3)ncn2)nc2ccccc21. The van der Waals surface area contributed by atoms with E-state index in [1.807, 2.05) is 16.8 Å². The average molecular weight is 373 g/mol. The van der Waals surface area contributed by atoms with Crippen LogP contribution in [0.1, 0.15) is 44.6 Å². The number of rotatable bonds is 4. The summed E-state index contributed by atoms with van der Waals surface area (Å²) in [5, 5.41) is 0. The monoisotopic (exact) mass is 373 g/mol. The maximum absolute atomic E-state index is 5.03. The van der Waals surface area contributed by atoms with Crippen molar-refractivity contribution in [1.29, 1.82) is 0 Å². The van der Waals surface area contributed by atoms with Gasteiger partial charge in [0.1, 0.15) is 30.1 Å². The van der Waals surface area contributed by atoms with Crippen molar-refractivity contribution in [2.24, 2.45) is 0 Å². The fourth-order valence-electron chi connectivity index (χ4n) is 4.18. The minimum absolute atomic E-state index is 0.209. The highest BCUT2D eigenvalue weighted by atomic mass is 15.3. The van der Waals surface area contributed by atoms with Crippen LogP contribution in [0.4, 0.5) is 5.82 Å². The molecule has 1 atom stereocenters. The number of benzene rings is 1. The van der Waals surface area contributed by atoms with Crippen LogP contribution >= 0.6 is 0 Å². The van der Waals surface area contributed by atoms with Gasteiger partial charge in [0.25, 0.3) is 0 Å². The molecule has 0 radical (unpaired) electrons. The number of nitrogens with zero attached hydrogens (tertiary/aromatic N) is 7. The fourth-order valence-corrected chi connectivity index (χ4v) is 4.18. The lowest BCUT2D eigenvalue weighted by Crippen LogP contribution is -2.26. The van der Waals surface area contributed by atoms with Gasteiger partial charge in [-0.3, -0.25) is 4.57 Å². The van der Waals surface area contributed by atoms with E-state index in [9.17, 15) is 0 Å². The molecule has 7 nitrogen and oxygen atoms in total. The van der Waals surface area contributed by atoms with E-state index >= 15 is 0 Å². The second-order valence-corrected chi connectivity index (χ2v) is 7.48. The molecule has 1 aliphatic heterocycles. The van der Waals surface area contributed by atoms with E-state index in [1.54, 1.807) is 18.9 Å². The van der Waals surface area contributed by atoms with Gasteiger partial charge >= 0.3 is 0 Å². The minimum atomic E-state index is 0.209. The average Bonchev–Trinajstić information content (AvgIpc) is 3.46. The van der Waals surface area contributed by atoms with Crippen LogP contribution in [0.2, 0.25) is 0 Å². The van der Waals surface area contributed by atoms with Crippen LogP contribution in [-0.4, -0.2) is 35.6 Å². The Bertz CT molecular complexity index is 1100. The normalized spacial score (nSPS) is 17.1. The van der Waals surface area contributed by atoms with Crippen molar-refractivity contribution in [3.8, 4) is 5.82 Å². The van der Waals surface area contributed by atoms with E-state index in [-0.39, 0.29) is 6.04 Å². The highest BCUT2D eigenvalue weighted by Gasteiger charge is 2.32. The number of hydrogen-bond donors (Lipinski definition) is 0. The quantitative estimate of drug-likeness (QED) is 0.542. The molecule has 3 aromatic heterocycles. The molecule has 1 saturated heterocycles. The van der Waals surface area contributed by atoms with Crippen molar-refractivity contribution in [1.82, 2.24) is 29.1 Å². The predicted octanol–water partition coefficient (Wildman–Crippen LogP) is 3.93. The van der Waals surface area contributed by atoms with Gasteiger partial charge in [-0.15, -0.1) is 0 Å². The van der Waals surface area contributed by atoms with Crippen LogP contribution < -0.4 is 4.90 Å². The minimum Gasteiger partial charge on any atom is -0.346 e. The summed E-state index contributed by atoms with van der Waals surface area (Å²) in [5.41, 5.74) is 2.25. The molecule has 1 fully saturated rings. The summed E-state index contributed by atoms with van der Waals surface area (Å²) in [6.45, 7) is 5.41. The molecule has 142 valence electrons. The first-order chi connectivity index (χ1) is 13.7. The maximum atomic E-state index is 5.03. The van der Waals surface area contributed by atoms with Crippen molar-refractivity contribution in [3.05, 3.63) is 61.2 Å². The Morgan fingerprint density at radius 1 is 1.11 bits per heavy atom. The largest absolute Gasteiger partial charge is 0.346 e. The summed E-state index contributed by atoms with van der Waals surface area (Å²) in [6, 6.07) is 11.0. The van der Waals surface area contributed by atoms with Gasteiger partial charge in [-0.25, -0.2) is 19.9 Å². The molecule has 0 bridgehead atoms. The summed E-state index contributed by atoms with van der Waals surface area (Å²) in [7, 11) is 0. The van der Waals surface area contributed by atoms with E-state index in [0.717, 1.165) is 42.4 Å². The number of para-hydroxylation sites is 2. The standard InChI is InChI=1S/C21H23N7/c1-15(2)28-17-7-4-3-6-16(17)25-21(28)18-8-5-10-27(18)20-12-19(23-13-24-20)26-11-9-22-14-26/h3-4,6-7,9,11-15,18H,5,8,10H2,1-2H3. The molecule has 0 saturated carbocycles. The van der Waals surface area contributed by atoms with Gasteiger partial charge < -0.3 is 9.47 Å². The molecule has 7 heteroatoms. The van der Waals surface area contributed by atoms with Crippen LogP contribution in [0.25, 0.3) is 16.9 Å². The van der Waals surface area contributed by atoms with Gasteiger partial charge in [-0.05, 0) is 38.8 Å². The zero-order valence-electron chi connectivity index (χ0n) is 16.1. The van der Waals surface area contributed by atoms with Crippen molar-refractivity contribution in [2.45, 2.75) is 38.8 Å². The topological polar surface area (TPSA) is 64.7 Å². The summed E-state index contributed by atoms with van der Waals surface area (Å²) < 4.78 is 4.27. The molecule has 0 N–H and O–H groups in total. The van der Waals surface area contributed by atoms with E-state index in [1.165, 1.54) is 5.52 Å². The van der Waals surface area contributed by atoms with Gasteiger partial charge in [-0.2, -0.15) is 0 Å². The summed E-state index contributed by atoms with van der Waals surface area (Å²) >= 11 is 0. The van der Waals surface area contributed by atoms with Crippen molar-refractivity contribution < 1.29 is 0 Å². The zero-order valence-corrected chi connectivity index (χ0v) is 16.1. The van der Waals surface area contributed by atoms with Gasteiger partial charge in [-0.1, -0.05) is 12.1 Å². The summed E-state index contributed by atoms with van der Waals surface area (Å²) in [4.78, 5) is 20.5. The lowest BCUT2D eigenvalue weighted by atomic mass is 10.2. The van der Waals surface area contributed by atoms with E-state index in [2.05, 4.69) is 62.5 Å². The van der Waals surface area contributed by atoms with Crippen LogP contribution in [0.15, 0.2) is 55.4 Å². The highest BCUT2D eigenvalue weighted by molar-refractivity contribution is 5.76. The van der Waals surface area contributed by atoms with Gasteiger partial charge in [0.2, 0.25) is 0 Å². The molecule has 4 heterocycles. The molecule has 28 heavy (non-hydrogen) atoms. The molecule has 1 aliphatic rings. The third-order valence-corrected chi connectivity index (χ3v) is 5.39. The third kappa shape index (κ3) is 2.74. The lowest BCUT2D eigenvalue weighted by Gasteiger charge is -2.27. The zero-order chi connectivity index (χ0) is 19.1. The Labute approximate surface area is 163 Å². The number of fused-ring (bicyclic) bond motifs is 1. The smallest absolute Gasteiger partial charge is 0.143 e. The Morgan fingerprint density at radius 3 is 2.79 bits per heavy atom. The first-order valence-corrected chi connectivity index (χ1v) is 9.76. The lowest BCUT2D eigenvalue weighted by molar-refractivity contribution is 0.539. The second-order valence-electron chi connectivity index (χ2n) is 7.48. The first-order valence-electron chi connectivity index (χ1n) is 9.76. The molecule has 0 aliphatic carbocycles. The number of hydrogen-bond acceptors (Lipinski definition) is 5. The molecule has 1 unspecified atom stereocenters. The van der Waals surface area contributed by atoms with Crippen LogP contribution in [0.3, 0.4) is 0 Å². The van der Waals surface area contributed by atoms with E-state index < -0.39 is 0 Å².